The van der Waals surface area contributed by atoms with Gasteiger partial charge >= 0.3 is 6.09 Å². The maximum absolute atomic E-state index is 12.6. The second-order valence-electron chi connectivity index (χ2n) is 5.38. The fourth-order valence-electron chi connectivity index (χ4n) is 2.20. The van der Waals surface area contributed by atoms with E-state index in [4.69, 9.17) is 9.47 Å². The van der Waals surface area contributed by atoms with E-state index in [-0.39, 0.29) is 17.5 Å². The van der Waals surface area contributed by atoms with Gasteiger partial charge in [-0.15, -0.1) is 0 Å². The molecule has 134 valence electrons. The van der Waals surface area contributed by atoms with Gasteiger partial charge in [0.2, 0.25) is 10.0 Å². The third-order valence-electron chi connectivity index (χ3n) is 3.60. The zero-order valence-corrected chi connectivity index (χ0v) is 14.7. The molecule has 0 aromatic heterocycles. The lowest BCUT2D eigenvalue weighted by Gasteiger charge is -2.16. The quantitative estimate of drug-likeness (QED) is 0.720. The first-order valence-electron chi connectivity index (χ1n) is 7.50. The highest BCUT2D eigenvalue weighted by Crippen LogP contribution is 2.34. The van der Waals surface area contributed by atoms with E-state index >= 15 is 0 Å². The van der Waals surface area contributed by atoms with Crippen LogP contribution in [0.1, 0.15) is 18.4 Å². The van der Waals surface area contributed by atoms with Crippen LogP contribution in [0.2, 0.25) is 0 Å². The van der Waals surface area contributed by atoms with Crippen molar-refractivity contribution in [3.05, 3.63) is 17.7 Å². The summed E-state index contributed by atoms with van der Waals surface area (Å²) in [7, 11) is 0.517. The summed E-state index contributed by atoms with van der Waals surface area (Å²) in [6, 6.07) is 3.04. The number of sulfonamides is 1. The highest BCUT2D eigenvalue weighted by Gasteiger charge is 2.30. The molecule has 1 aliphatic carbocycles. The van der Waals surface area contributed by atoms with Gasteiger partial charge in [0.1, 0.15) is 0 Å². The van der Waals surface area contributed by atoms with Gasteiger partial charge in [-0.2, -0.15) is 0 Å². The average molecular weight is 358 g/mol. The van der Waals surface area contributed by atoms with E-state index < -0.39 is 16.1 Å². The van der Waals surface area contributed by atoms with Crippen LogP contribution in [0.25, 0.3) is 0 Å². The van der Waals surface area contributed by atoms with Crippen molar-refractivity contribution in [3.63, 3.8) is 0 Å². The van der Waals surface area contributed by atoms with Gasteiger partial charge in [-0.05, 0) is 30.9 Å². The highest BCUT2D eigenvalue weighted by atomic mass is 32.2. The molecule has 0 spiro atoms. The smallest absolute Gasteiger partial charge is 0.406 e. The van der Waals surface area contributed by atoms with E-state index in [9.17, 15) is 13.2 Å². The maximum atomic E-state index is 12.6. The Labute approximate surface area is 141 Å². The number of carbonyl (C=O) groups is 1. The number of nitrogens with one attached hydrogen (secondary N) is 2. The highest BCUT2D eigenvalue weighted by molar-refractivity contribution is 7.89. The van der Waals surface area contributed by atoms with Crippen LogP contribution in [-0.2, 0) is 21.2 Å². The van der Waals surface area contributed by atoms with Gasteiger partial charge < -0.3 is 19.5 Å². The van der Waals surface area contributed by atoms with E-state index in [0.717, 1.165) is 12.8 Å². The van der Waals surface area contributed by atoms with Crippen molar-refractivity contribution < 1.29 is 27.4 Å². The monoisotopic (exact) mass is 358 g/mol. The minimum absolute atomic E-state index is 0.0101. The van der Waals surface area contributed by atoms with Crippen LogP contribution in [-0.4, -0.2) is 48.4 Å². The van der Waals surface area contributed by atoms with E-state index in [0.29, 0.717) is 23.5 Å². The summed E-state index contributed by atoms with van der Waals surface area (Å²) >= 11 is 0. The number of amides is 1. The van der Waals surface area contributed by atoms with Gasteiger partial charge in [0.25, 0.3) is 0 Å². The molecule has 2 N–H and O–H groups in total. The fraction of sp³-hybridized carbons (Fsp3) is 0.533. The first-order valence-corrected chi connectivity index (χ1v) is 8.98. The molecular weight excluding hydrogens is 336 g/mol. The lowest BCUT2D eigenvalue weighted by molar-refractivity contribution is 0.171. The van der Waals surface area contributed by atoms with Gasteiger partial charge in [-0.1, -0.05) is 0 Å². The van der Waals surface area contributed by atoms with Crippen molar-refractivity contribution in [1.29, 1.82) is 0 Å². The van der Waals surface area contributed by atoms with Crippen LogP contribution in [0.15, 0.2) is 17.0 Å². The minimum Gasteiger partial charge on any atom is -0.493 e. The molecular formula is C15H22N2O6S. The van der Waals surface area contributed by atoms with Gasteiger partial charge in [0, 0.05) is 18.7 Å². The van der Waals surface area contributed by atoms with E-state index in [1.54, 1.807) is 6.07 Å². The van der Waals surface area contributed by atoms with Gasteiger partial charge in [-0.3, -0.25) is 0 Å². The number of benzene rings is 1. The second kappa shape index (κ2) is 7.71. The van der Waals surface area contributed by atoms with Crippen molar-refractivity contribution in [2.24, 2.45) is 0 Å². The molecule has 9 heteroatoms. The Kier molecular flexibility index (Phi) is 5.89. The predicted octanol–water partition coefficient (Wildman–Crippen LogP) is 1.04. The van der Waals surface area contributed by atoms with E-state index in [2.05, 4.69) is 14.8 Å². The number of hydrogen-bond donors (Lipinski definition) is 2. The summed E-state index contributed by atoms with van der Waals surface area (Å²) in [4.78, 5) is 11.3. The first-order chi connectivity index (χ1) is 11.4. The van der Waals surface area contributed by atoms with Gasteiger partial charge in [0.05, 0.1) is 26.2 Å². The van der Waals surface area contributed by atoms with Crippen LogP contribution in [0.3, 0.4) is 0 Å². The molecule has 1 amide bonds. The molecule has 0 aliphatic heterocycles. The van der Waals surface area contributed by atoms with Crippen LogP contribution < -0.4 is 19.5 Å². The van der Waals surface area contributed by atoms with E-state index in [1.807, 2.05) is 0 Å². The Morgan fingerprint density at radius 3 is 2.33 bits per heavy atom. The van der Waals surface area contributed by atoms with Crippen LogP contribution in [0.4, 0.5) is 4.79 Å². The molecule has 8 nitrogen and oxygen atoms in total. The Balaban J connectivity index is 2.32. The minimum atomic E-state index is -3.67. The fourth-order valence-corrected chi connectivity index (χ4v) is 3.77. The molecule has 1 fully saturated rings. The van der Waals surface area contributed by atoms with Crippen LogP contribution >= 0.6 is 0 Å². The Morgan fingerprint density at radius 2 is 1.79 bits per heavy atom. The van der Waals surface area contributed by atoms with Crippen LogP contribution in [0.5, 0.6) is 11.5 Å². The average Bonchev–Trinajstić information content (AvgIpc) is 3.37. The second-order valence-corrected chi connectivity index (χ2v) is 7.06. The SMILES string of the molecule is COC(=O)NCCc1cc(OC)c(OC)cc1S(=O)(=O)NC1CC1. The summed E-state index contributed by atoms with van der Waals surface area (Å²) in [5.74, 6) is 0.759. The third-order valence-corrected chi connectivity index (χ3v) is 5.21. The molecule has 1 aliphatic rings. The first kappa shape index (κ1) is 18.3. The third kappa shape index (κ3) is 4.51. The van der Waals surface area contributed by atoms with Gasteiger partial charge in [-0.25, -0.2) is 17.9 Å². The molecule has 24 heavy (non-hydrogen) atoms. The number of alkyl carbamates (subject to hydrolysis) is 1. The molecule has 0 radical (unpaired) electrons. The predicted molar refractivity (Wildman–Crippen MR) is 87.0 cm³/mol. The zero-order valence-electron chi connectivity index (χ0n) is 13.9. The summed E-state index contributed by atoms with van der Waals surface area (Å²) in [6.45, 7) is 0.230. The normalized spacial score (nSPS) is 14.1. The van der Waals surface area contributed by atoms with Crippen molar-refractivity contribution in [2.45, 2.75) is 30.2 Å². The standard InChI is InChI=1S/C15H22N2O6S/c1-21-12-8-10(6-7-16-15(18)23-3)14(9-13(12)22-2)24(19,20)17-11-4-5-11/h8-9,11,17H,4-7H2,1-3H3,(H,16,18). The van der Waals surface area contributed by atoms with E-state index in [1.165, 1.54) is 27.4 Å². The zero-order chi connectivity index (χ0) is 17.7. The maximum Gasteiger partial charge on any atom is 0.406 e. The number of ether oxygens (including phenoxy) is 3. The topological polar surface area (TPSA) is 103 Å². The Bertz CT molecular complexity index is 700. The summed E-state index contributed by atoms with van der Waals surface area (Å²) < 4.78 is 42.8. The molecule has 1 aromatic carbocycles. The number of methoxy groups -OCH3 is 3. The Hall–Kier alpha value is -2.00. The van der Waals surface area contributed by atoms with Crippen LogP contribution in [0, 0.1) is 0 Å². The molecule has 2 rings (SSSR count). The largest absolute Gasteiger partial charge is 0.493 e. The Morgan fingerprint density at radius 1 is 1.17 bits per heavy atom. The summed E-state index contributed by atoms with van der Waals surface area (Å²) in [6.07, 6.45) is 1.41. The summed E-state index contributed by atoms with van der Waals surface area (Å²) in [5, 5.41) is 2.53. The molecule has 0 atom stereocenters. The van der Waals surface area contributed by atoms with Crippen molar-refractivity contribution in [2.75, 3.05) is 27.9 Å². The van der Waals surface area contributed by atoms with Crippen molar-refractivity contribution in [3.8, 4) is 11.5 Å². The summed E-state index contributed by atoms with van der Waals surface area (Å²) in [5.41, 5.74) is 0.525. The molecule has 0 unspecified atom stereocenters. The number of rotatable bonds is 8. The molecule has 0 bridgehead atoms. The molecule has 1 saturated carbocycles. The van der Waals surface area contributed by atoms with Crippen molar-refractivity contribution in [1.82, 2.24) is 10.0 Å². The molecule has 1 aromatic rings. The lowest BCUT2D eigenvalue weighted by atomic mass is 10.1. The molecule has 0 saturated heterocycles. The number of hydrogen-bond acceptors (Lipinski definition) is 6. The van der Waals surface area contributed by atoms with Crippen molar-refractivity contribution >= 4 is 16.1 Å². The number of carbonyl (C=O) groups excluding carboxylic acids is 1. The molecule has 0 heterocycles. The lowest BCUT2D eigenvalue weighted by Crippen LogP contribution is -2.28. The van der Waals surface area contributed by atoms with Gasteiger partial charge in [0.15, 0.2) is 11.5 Å².